The van der Waals surface area contributed by atoms with Crippen LogP contribution in [-0.4, -0.2) is 16.6 Å². The lowest BCUT2D eigenvalue weighted by Crippen LogP contribution is -2.49. The lowest BCUT2D eigenvalue weighted by atomic mass is 9.82. The van der Waals surface area contributed by atoms with Crippen LogP contribution in [-0.2, 0) is 29.5 Å². The van der Waals surface area contributed by atoms with Crippen molar-refractivity contribution >= 4 is 11.8 Å². The zero-order valence-electron chi connectivity index (χ0n) is 16.7. The molecular formula is C22H26N2O4. The summed E-state index contributed by atoms with van der Waals surface area (Å²) in [5.41, 5.74) is 2.64. The second-order valence-corrected chi connectivity index (χ2v) is 8.28. The average Bonchev–Trinajstić information content (AvgIpc) is 2.98. The summed E-state index contributed by atoms with van der Waals surface area (Å²) in [5.74, 6) is 0. The van der Waals surface area contributed by atoms with Crippen molar-refractivity contribution in [1.29, 1.82) is 0 Å². The van der Waals surface area contributed by atoms with Gasteiger partial charge in [-0.1, -0.05) is 37.3 Å². The molecule has 0 unspecified atom stereocenters. The fourth-order valence-corrected chi connectivity index (χ4v) is 3.89. The lowest BCUT2D eigenvalue weighted by molar-refractivity contribution is -0.385. The monoisotopic (exact) mass is 382 g/mol. The molecule has 0 saturated heterocycles. The number of nitro benzene ring substituents is 1. The van der Waals surface area contributed by atoms with E-state index >= 15 is 0 Å². The highest BCUT2D eigenvalue weighted by Crippen LogP contribution is 2.41. The van der Waals surface area contributed by atoms with Crippen LogP contribution >= 0.6 is 0 Å². The molecule has 0 atom stereocenters. The molecule has 0 saturated carbocycles. The van der Waals surface area contributed by atoms with E-state index in [0.29, 0.717) is 19.3 Å². The van der Waals surface area contributed by atoms with E-state index in [9.17, 15) is 14.9 Å². The van der Waals surface area contributed by atoms with Gasteiger partial charge in [0.25, 0.3) is 5.69 Å². The molecule has 1 aliphatic carbocycles. The van der Waals surface area contributed by atoms with Crippen molar-refractivity contribution in [3.63, 3.8) is 0 Å². The van der Waals surface area contributed by atoms with Crippen molar-refractivity contribution in [2.24, 2.45) is 0 Å². The van der Waals surface area contributed by atoms with E-state index < -0.39 is 22.2 Å². The molecule has 0 heterocycles. The Balaban J connectivity index is 2.09. The fourth-order valence-electron chi connectivity index (χ4n) is 3.89. The molecule has 1 amide bonds. The Labute approximate surface area is 165 Å². The third kappa shape index (κ3) is 4.01. The van der Waals surface area contributed by atoms with Gasteiger partial charge in [-0.2, -0.15) is 0 Å². The van der Waals surface area contributed by atoms with Crippen LogP contribution in [0.4, 0.5) is 10.5 Å². The van der Waals surface area contributed by atoms with Gasteiger partial charge in [0, 0.05) is 25.0 Å². The van der Waals surface area contributed by atoms with Crippen LogP contribution in [0.25, 0.3) is 0 Å². The quantitative estimate of drug-likeness (QED) is 0.615. The maximum atomic E-state index is 12.7. The van der Waals surface area contributed by atoms with Crippen molar-refractivity contribution < 1.29 is 14.5 Å². The highest BCUT2D eigenvalue weighted by atomic mass is 16.6. The van der Waals surface area contributed by atoms with Crippen molar-refractivity contribution in [1.82, 2.24) is 5.32 Å². The zero-order valence-corrected chi connectivity index (χ0v) is 16.7. The van der Waals surface area contributed by atoms with Crippen LogP contribution in [0.2, 0.25) is 0 Å². The summed E-state index contributed by atoms with van der Waals surface area (Å²) < 4.78 is 5.51. The standard InChI is InChI=1S/C22H26N2O4/c1-5-15-10-11-18(24(26)27)12-19(15)22(23-20(25)28-21(2,3)4)13-16-8-6-7-9-17(16)14-22/h6-12H,5,13-14H2,1-4H3,(H,23,25). The number of rotatable bonds is 4. The molecule has 0 fully saturated rings. The number of nitrogens with one attached hydrogen (secondary N) is 1. The van der Waals surface area contributed by atoms with E-state index in [0.717, 1.165) is 22.3 Å². The first-order valence-corrected chi connectivity index (χ1v) is 9.49. The second kappa shape index (κ2) is 7.26. The maximum Gasteiger partial charge on any atom is 0.408 e. The van der Waals surface area contributed by atoms with Crippen LogP contribution in [0.3, 0.4) is 0 Å². The largest absolute Gasteiger partial charge is 0.444 e. The van der Waals surface area contributed by atoms with Gasteiger partial charge in [-0.15, -0.1) is 0 Å². The Kier molecular flexibility index (Phi) is 5.15. The molecule has 148 valence electrons. The molecule has 28 heavy (non-hydrogen) atoms. The van der Waals surface area contributed by atoms with Crippen molar-refractivity contribution in [3.05, 3.63) is 74.8 Å². The minimum atomic E-state index is -0.774. The third-order valence-corrected chi connectivity index (χ3v) is 5.04. The molecule has 6 nitrogen and oxygen atoms in total. The molecule has 3 rings (SSSR count). The average molecular weight is 382 g/mol. The smallest absolute Gasteiger partial charge is 0.408 e. The Morgan fingerprint density at radius 2 is 1.79 bits per heavy atom. The highest BCUT2D eigenvalue weighted by Gasteiger charge is 2.43. The number of nitrogens with zero attached hydrogens (tertiary/aromatic N) is 1. The van der Waals surface area contributed by atoms with Crippen LogP contribution in [0, 0.1) is 10.1 Å². The van der Waals surface area contributed by atoms with Gasteiger partial charge in [0.1, 0.15) is 5.60 Å². The van der Waals surface area contributed by atoms with Gasteiger partial charge in [0.2, 0.25) is 0 Å². The Hall–Kier alpha value is -2.89. The molecule has 1 aliphatic rings. The normalized spacial score (nSPS) is 15.0. The summed E-state index contributed by atoms with van der Waals surface area (Å²) in [6.45, 7) is 7.45. The SMILES string of the molecule is CCc1ccc([N+](=O)[O-])cc1C1(NC(=O)OC(C)(C)C)Cc2ccccc2C1. The number of ether oxygens (including phenoxy) is 1. The third-order valence-electron chi connectivity index (χ3n) is 5.04. The molecule has 6 heteroatoms. The van der Waals surface area contributed by atoms with Crippen LogP contribution < -0.4 is 5.32 Å². The first-order valence-electron chi connectivity index (χ1n) is 9.49. The topological polar surface area (TPSA) is 81.5 Å². The molecule has 0 radical (unpaired) electrons. The number of non-ortho nitro benzene ring substituents is 1. The second-order valence-electron chi connectivity index (χ2n) is 8.28. The Bertz CT molecular complexity index is 890. The fraction of sp³-hybridized carbons (Fsp3) is 0.409. The van der Waals surface area contributed by atoms with Crippen molar-refractivity contribution in [3.8, 4) is 0 Å². The lowest BCUT2D eigenvalue weighted by Gasteiger charge is -2.33. The van der Waals surface area contributed by atoms with Gasteiger partial charge in [0.05, 0.1) is 10.5 Å². The van der Waals surface area contributed by atoms with Gasteiger partial charge in [0.15, 0.2) is 0 Å². The Morgan fingerprint density at radius 3 is 2.29 bits per heavy atom. The molecule has 0 aromatic heterocycles. The number of amides is 1. The summed E-state index contributed by atoms with van der Waals surface area (Å²) in [4.78, 5) is 23.7. The number of alkyl carbamates (subject to hydrolysis) is 1. The number of nitro groups is 1. The number of carbonyl (C=O) groups is 1. The summed E-state index contributed by atoms with van der Waals surface area (Å²) >= 11 is 0. The predicted molar refractivity (Wildman–Crippen MR) is 107 cm³/mol. The highest BCUT2D eigenvalue weighted by molar-refractivity contribution is 5.70. The number of fused-ring (bicyclic) bond motifs is 1. The Morgan fingerprint density at radius 1 is 1.18 bits per heavy atom. The summed E-state index contributed by atoms with van der Waals surface area (Å²) in [6, 6.07) is 12.9. The molecular weight excluding hydrogens is 356 g/mol. The van der Waals surface area contributed by atoms with E-state index in [-0.39, 0.29) is 5.69 Å². The predicted octanol–water partition coefficient (Wildman–Crippen LogP) is 4.68. The summed E-state index contributed by atoms with van der Waals surface area (Å²) in [7, 11) is 0. The molecule has 1 N–H and O–H groups in total. The number of hydrogen-bond acceptors (Lipinski definition) is 4. The molecule has 2 aromatic rings. The number of carbonyl (C=O) groups excluding carboxylic acids is 1. The molecule has 2 aromatic carbocycles. The molecule has 0 bridgehead atoms. The number of benzene rings is 2. The van der Waals surface area contributed by atoms with Crippen LogP contribution in [0.5, 0.6) is 0 Å². The first kappa shape index (κ1) is 19.9. The van der Waals surface area contributed by atoms with Crippen LogP contribution in [0.1, 0.15) is 49.9 Å². The van der Waals surface area contributed by atoms with Crippen LogP contribution in [0.15, 0.2) is 42.5 Å². The minimum Gasteiger partial charge on any atom is -0.444 e. The number of hydrogen-bond donors (Lipinski definition) is 1. The summed E-state index contributed by atoms with van der Waals surface area (Å²) in [5, 5.41) is 14.5. The number of aryl methyl sites for hydroxylation is 1. The molecule has 0 aliphatic heterocycles. The van der Waals surface area contributed by atoms with E-state index in [1.807, 2.05) is 52.0 Å². The van der Waals surface area contributed by atoms with Crippen molar-refractivity contribution in [2.45, 2.75) is 58.1 Å². The first-order chi connectivity index (χ1) is 13.1. The van der Waals surface area contributed by atoms with Crippen molar-refractivity contribution in [2.75, 3.05) is 0 Å². The zero-order chi connectivity index (χ0) is 20.5. The van der Waals surface area contributed by atoms with Gasteiger partial charge >= 0.3 is 6.09 Å². The van der Waals surface area contributed by atoms with E-state index in [1.165, 1.54) is 6.07 Å². The van der Waals surface area contributed by atoms with E-state index in [4.69, 9.17) is 4.74 Å². The molecule has 0 spiro atoms. The van der Waals surface area contributed by atoms with Gasteiger partial charge < -0.3 is 10.1 Å². The summed E-state index contributed by atoms with van der Waals surface area (Å²) in [6.07, 6.45) is 1.32. The van der Waals surface area contributed by atoms with Gasteiger partial charge in [-0.05, 0) is 49.4 Å². The van der Waals surface area contributed by atoms with Gasteiger partial charge in [-0.3, -0.25) is 10.1 Å². The maximum absolute atomic E-state index is 12.7. The van der Waals surface area contributed by atoms with E-state index in [2.05, 4.69) is 5.32 Å². The minimum absolute atomic E-state index is 0.0218. The van der Waals surface area contributed by atoms with Gasteiger partial charge in [-0.25, -0.2) is 4.79 Å². The van der Waals surface area contributed by atoms with E-state index in [1.54, 1.807) is 12.1 Å².